The van der Waals surface area contributed by atoms with Crippen LogP contribution in [0.3, 0.4) is 0 Å². The highest BCUT2D eigenvalue weighted by molar-refractivity contribution is 5.88. The molecule has 3 nitrogen and oxygen atoms in total. The number of benzene rings is 1. The zero-order chi connectivity index (χ0) is 12.4. The van der Waals surface area contributed by atoms with Crippen molar-refractivity contribution in [1.82, 2.24) is 5.06 Å². The van der Waals surface area contributed by atoms with E-state index < -0.39 is 0 Å². The summed E-state index contributed by atoms with van der Waals surface area (Å²) in [6, 6.07) is 10.2. The van der Waals surface area contributed by atoms with Crippen LogP contribution in [0, 0.1) is 0 Å². The molecule has 1 amide bonds. The molecule has 1 aromatic rings. The van der Waals surface area contributed by atoms with Crippen molar-refractivity contribution >= 4 is 5.91 Å². The molecule has 18 heavy (non-hydrogen) atoms. The Morgan fingerprint density at radius 3 is 2.44 bits per heavy atom. The van der Waals surface area contributed by atoms with Gasteiger partial charge in [-0.1, -0.05) is 36.8 Å². The Morgan fingerprint density at radius 1 is 1.11 bits per heavy atom. The first-order valence-electron chi connectivity index (χ1n) is 6.83. The molecule has 1 heterocycles. The van der Waals surface area contributed by atoms with Gasteiger partial charge >= 0.3 is 0 Å². The number of hydrogen-bond acceptors (Lipinski definition) is 2. The maximum Gasteiger partial charge on any atom is 0.256 e. The van der Waals surface area contributed by atoms with Crippen molar-refractivity contribution in [3.8, 4) is 0 Å². The zero-order valence-electron chi connectivity index (χ0n) is 10.6. The third-order valence-corrected chi connectivity index (χ3v) is 4.17. The monoisotopic (exact) mass is 245 g/mol. The Hall–Kier alpha value is -1.35. The highest BCUT2D eigenvalue weighted by Gasteiger charge is 2.48. The average Bonchev–Trinajstić information content (AvgIpc) is 2.40. The molecule has 0 aromatic heterocycles. The first kappa shape index (κ1) is 11.7. The minimum atomic E-state index is -0.307. The van der Waals surface area contributed by atoms with Gasteiger partial charge in [-0.05, 0) is 31.2 Å². The Labute approximate surface area is 108 Å². The van der Waals surface area contributed by atoms with E-state index >= 15 is 0 Å². The molecule has 3 rings (SSSR count). The fourth-order valence-electron chi connectivity index (χ4n) is 2.91. The lowest BCUT2D eigenvalue weighted by Crippen LogP contribution is -2.52. The van der Waals surface area contributed by atoms with E-state index in [9.17, 15) is 4.79 Å². The normalized spacial score (nSPS) is 22.3. The van der Waals surface area contributed by atoms with Crippen molar-refractivity contribution in [1.29, 1.82) is 0 Å². The van der Waals surface area contributed by atoms with Crippen molar-refractivity contribution < 1.29 is 9.63 Å². The second-order valence-electron chi connectivity index (χ2n) is 5.25. The molecular formula is C15H19NO2. The van der Waals surface area contributed by atoms with Gasteiger partial charge in [0.05, 0.1) is 12.0 Å². The van der Waals surface area contributed by atoms with Crippen LogP contribution >= 0.6 is 0 Å². The molecule has 1 aliphatic heterocycles. The van der Waals surface area contributed by atoms with Gasteiger partial charge < -0.3 is 0 Å². The lowest BCUT2D eigenvalue weighted by Gasteiger charge is -2.44. The number of hydrogen-bond donors (Lipinski definition) is 0. The fraction of sp³-hybridized carbons (Fsp3) is 0.533. The molecule has 3 heteroatoms. The molecular weight excluding hydrogens is 226 g/mol. The van der Waals surface area contributed by atoms with E-state index in [0.29, 0.717) is 6.61 Å². The van der Waals surface area contributed by atoms with Crippen molar-refractivity contribution in [2.24, 2.45) is 0 Å². The van der Waals surface area contributed by atoms with Crippen LogP contribution in [-0.4, -0.2) is 24.1 Å². The standard InChI is InChI=1S/C15H19NO2/c17-14(16-11-4-5-12-18-16)15(9-6-10-15)13-7-2-1-3-8-13/h1-3,7-8H,4-6,9-12H2. The number of carbonyl (C=O) groups is 1. The maximum atomic E-state index is 12.7. The number of amides is 1. The van der Waals surface area contributed by atoms with Crippen molar-refractivity contribution in [3.63, 3.8) is 0 Å². The minimum absolute atomic E-state index is 0.166. The first-order chi connectivity index (χ1) is 8.83. The number of carbonyl (C=O) groups excluding carboxylic acids is 1. The molecule has 96 valence electrons. The highest BCUT2D eigenvalue weighted by Crippen LogP contribution is 2.45. The summed E-state index contributed by atoms with van der Waals surface area (Å²) in [6.45, 7) is 1.42. The van der Waals surface area contributed by atoms with Gasteiger partial charge in [0, 0.05) is 6.54 Å². The van der Waals surface area contributed by atoms with E-state index in [0.717, 1.165) is 44.2 Å². The van der Waals surface area contributed by atoms with Crippen LogP contribution in [0.25, 0.3) is 0 Å². The molecule has 0 spiro atoms. The second kappa shape index (κ2) is 4.73. The summed E-state index contributed by atoms with van der Waals surface area (Å²) in [7, 11) is 0. The maximum absolute atomic E-state index is 12.7. The smallest absolute Gasteiger partial charge is 0.256 e. The summed E-state index contributed by atoms with van der Waals surface area (Å²) in [6.07, 6.45) is 5.15. The summed E-state index contributed by atoms with van der Waals surface area (Å²) in [5.74, 6) is 0.166. The van der Waals surface area contributed by atoms with Crippen molar-refractivity contribution in [2.45, 2.75) is 37.5 Å². The van der Waals surface area contributed by atoms with Gasteiger partial charge in [-0.3, -0.25) is 9.63 Å². The minimum Gasteiger partial charge on any atom is -0.272 e. The summed E-state index contributed by atoms with van der Waals surface area (Å²) in [5.41, 5.74) is 0.842. The summed E-state index contributed by atoms with van der Waals surface area (Å²) in [4.78, 5) is 18.2. The Kier molecular flexibility index (Phi) is 3.08. The largest absolute Gasteiger partial charge is 0.272 e. The molecule has 0 bridgehead atoms. The SMILES string of the molecule is O=C(N1CCCCO1)C1(c2ccccc2)CCC1. The molecule has 1 saturated heterocycles. The summed E-state index contributed by atoms with van der Waals surface area (Å²) in [5, 5.41) is 1.61. The van der Waals surface area contributed by atoms with Gasteiger partial charge in [0.25, 0.3) is 5.91 Å². The van der Waals surface area contributed by atoms with Crippen LogP contribution < -0.4 is 0 Å². The van der Waals surface area contributed by atoms with Crippen LogP contribution in [0.1, 0.15) is 37.7 Å². The predicted molar refractivity (Wildman–Crippen MR) is 68.9 cm³/mol. The number of nitrogens with zero attached hydrogens (tertiary/aromatic N) is 1. The van der Waals surface area contributed by atoms with Crippen LogP contribution in [0.5, 0.6) is 0 Å². The predicted octanol–water partition coefficient (Wildman–Crippen LogP) is 2.66. The number of rotatable bonds is 2. The summed E-state index contributed by atoms with van der Waals surface area (Å²) >= 11 is 0. The molecule has 0 atom stereocenters. The molecule has 0 N–H and O–H groups in total. The van der Waals surface area contributed by atoms with Crippen LogP contribution in [0.4, 0.5) is 0 Å². The molecule has 1 aromatic carbocycles. The van der Waals surface area contributed by atoms with Gasteiger partial charge in [0.2, 0.25) is 0 Å². The van der Waals surface area contributed by atoms with Crippen molar-refractivity contribution in [3.05, 3.63) is 35.9 Å². The van der Waals surface area contributed by atoms with E-state index in [2.05, 4.69) is 12.1 Å². The lowest BCUT2D eigenvalue weighted by molar-refractivity contribution is -0.206. The van der Waals surface area contributed by atoms with Crippen LogP contribution in [0.2, 0.25) is 0 Å². The average molecular weight is 245 g/mol. The molecule has 0 radical (unpaired) electrons. The topological polar surface area (TPSA) is 29.5 Å². The van der Waals surface area contributed by atoms with Crippen LogP contribution in [0.15, 0.2) is 30.3 Å². The van der Waals surface area contributed by atoms with Gasteiger partial charge in [-0.2, -0.15) is 0 Å². The quantitative estimate of drug-likeness (QED) is 0.801. The molecule has 0 unspecified atom stereocenters. The van der Waals surface area contributed by atoms with Crippen LogP contribution in [-0.2, 0) is 15.0 Å². The van der Waals surface area contributed by atoms with Gasteiger partial charge in [-0.15, -0.1) is 0 Å². The molecule has 2 fully saturated rings. The van der Waals surface area contributed by atoms with E-state index in [4.69, 9.17) is 4.84 Å². The third kappa shape index (κ3) is 1.83. The summed E-state index contributed by atoms with van der Waals surface area (Å²) < 4.78 is 0. The molecule has 1 saturated carbocycles. The van der Waals surface area contributed by atoms with E-state index in [1.54, 1.807) is 5.06 Å². The van der Waals surface area contributed by atoms with Gasteiger partial charge in [-0.25, -0.2) is 5.06 Å². The fourth-order valence-corrected chi connectivity index (χ4v) is 2.91. The van der Waals surface area contributed by atoms with E-state index in [1.807, 2.05) is 18.2 Å². The Morgan fingerprint density at radius 2 is 1.89 bits per heavy atom. The Balaban J connectivity index is 1.85. The highest BCUT2D eigenvalue weighted by atomic mass is 16.7. The van der Waals surface area contributed by atoms with Gasteiger partial charge in [0.15, 0.2) is 0 Å². The first-order valence-corrected chi connectivity index (χ1v) is 6.83. The number of hydroxylamine groups is 2. The van der Waals surface area contributed by atoms with Gasteiger partial charge in [0.1, 0.15) is 0 Å². The van der Waals surface area contributed by atoms with E-state index in [-0.39, 0.29) is 11.3 Å². The van der Waals surface area contributed by atoms with E-state index in [1.165, 1.54) is 0 Å². The third-order valence-electron chi connectivity index (χ3n) is 4.17. The van der Waals surface area contributed by atoms with Crippen molar-refractivity contribution in [2.75, 3.05) is 13.2 Å². The zero-order valence-corrected chi connectivity index (χ0v) is 10.6. The second-order valence-corrected chi connectivity index (χ2v) is 5.25. The lowest BCUT2D eigenvalue weighted by atomic mass is 9.63. The Bertz CT molecular complexity index is 419. The molecule has 2 aliphatic rings. The molecule has 1 aliphatic carbocycles.